The van der Waals surface area contributed by atoms with Gasteiger partial charge in [-0.3, -0.25) is 0 Å². The number of hydrogen-bond acceptors (Lipinski definition) is 2. The van der Waals surface area contributed by atoms with Crippen LogP contribution >= 0.6 is 33.1 Å². The monoisotopic (exact) mass is 276 g/mol. The molecule has 1 saturated heterocycles. The van der Waals surface area contributed by atoms with Gasteiger partial charge in [-0.15, -0.1) is 17.9 Å². The van der Waals surface area contributed by atoms with Gasteiger partial charge in [0.25, 0.3) is 0 Å². The highest BCUT2D eigenvalue weighted by atomic mass is 32.6. The second-order valence-electron chi connectivity index (χ2n) is 3.48. The Kier molecular flexibility index (Phi) is 5.03. The zero-order valence-electron chi connectivity index (χ0n) is 7.60. The highest BCUT2D eigenvalue weighted by Crippen LogP contribution is 2.71. The van der Waals surface area contributed by atoms with Crippen LogP contribution < -0.4 is 0 Å². The summed E-state index contributed by atoms with van der Waals surface area (Å²) >= 11 is 0. The van der Waals surface area contributed by atoms with Crippen LogP contribution in [0.15, 0.2) is 0 Å². The number of rotatable bonds is 2. The fourth-order valence-electron chi connectivity index (χ4n) is 1.69. The van der Waals surface area contributed by atoms with Gasteiger partial charge >= 0.3 is 0 Å². The van der Waals surface area contributed by atoms with Crippen LogP contribution in [0.5, 0.6) is 0 Å². The van der Waals surface area contributed by atoms with E-state index in [1.807, 2.05) is 0 Å². The molecule has 0 spiro atoms. The lowest BCUT2D eigenvalue weighted by atomic mass is 10.1. The maximum Gasteiger partial charge on any atom is 0.150 e. The topological polar surface area (TPSA) is 34.1 Å². The largest absolute Gasteiger partial charge is 0.229 e. The first-order chi connectivity index (χ1) is 5.96. The van der Waals surface area contributed by atoms with Gasteiger partial charge in [-0.25, -0.2) is 8.42 Å². The second-order valence-corrected chi connectivity index (χ2v) is 15.3. The molecular weight excluding hydrogens is 260 g/mol. The minimum absolute atomic E-state index is 0.0343. The molecule has 1 rings (SSSR count). The molecule has 0 aromatic heterocycles. The van der Waals surface area contributed by atoms with E-state index < -0.39 is 9.84 Å². The summed E-state index contributed by atoms with van der Waals surface area (Å²) in [6, 6.07) is 0. The van der Waals surface area contributed by atoms with E-state index in [9.17, 15) is 8.42 Å². The van der Waals surface area contributed by atoms with Crippen LogP contribution in [-0.4, -0.2) is 25.6 Å². The van der Waals surface area contributed by atoms with Gasteiger partial charge < -0.3 is 0 Å². The molecule has 0 amide bonds. The molecule has 7 heteroatoms. The van der Waals surface area contributed by atoms with Crippen LogP contribution in [0, 0.1) is 5.92 Å². The Hall–Kier alpha value is 1.67. The van der Waals surface area contributed by atoms with Gasteiger partial charge in [-0.05, 0) is 18.0 Å². The van der Waals surface area contributed by atoms with Crippen LogP contribution in [0.4, 0.5) is 0 Å². The summed E-state index contributed by atoms with van der Waals surface area (Å²) in [5.41, 5.74) is 0.638. The average molecular weight is 276 g/mol. The Morgan fingerprint density at radius 3 is 2.62 bits per heavy atom. The third-order valence-corrected chi connectivity index (χ3v) is 15.8. The summed E-state index contributed by atoms with van der Waals surface area (Å²) in [7, 11) is 3.83. The van der Waals surface area contributed by atoms with Crippen molar-refractivity contribution in [1.29, 1.82) is 0 Å². The molecule has 1 aliphatic rings. The summed E-state index contributed by atoms with van der Waals surface area (Å²) in [6.45, 7) is 2.07. The van der Waals surface area contributed by atoms with E-state index in [-0.39, 0.29) is 7.30 Å². The molecule has 0 N–H and O–H groups in total. The third kappa shape index (κ3) is 3.62. The Morgan fingerprint density at radius 1 is 1.54 bits per heavy atom. The van der Waals surface area contributed by atoms with Crippen LogP contribution in [0.3, 0.4) is 0 Å². The van der Waals surface area contributed by atoms with E-state index in [1.54, 1.807) is 0 Å². The molecule has 78 valence electrons. The highest BCUT2D eigenvalue weighted by molar-refractivity contribution is 8.61. The molecule has 0 aliphatic carbocycles. The van der Waals surface area contributed by atoms with Crippen molar-refractivity contribution < 1.29 is 8.42 Å². The number of hydrogen-bond donors (Lipinski definition) is 0. The van der Waals surface area contributed by atoms with Crippen LogP contribution in [0.1, 0.15) is 13.3 Å². The fraction of sp³-hybridized carbons (Fsp3) is 1.00. The molecule has 0 aromatic rings. The van der Waals surface area contributed by atoms with Crippen molar-refractivity contribution >= 4 is 43.0 Å². The van der Waals surface area contributed by atoms with Crippen molar-refractivity contribution in [3.05, 3.63) is 0 Å². The van der Waals surface area contributed by atoms with Gasteiger partial charge in [0.05, 0.1) is 11.5 Å². The molecule has 0 radical (unpaired) electrons. The SMILES string of the molecule is C[C@H]1CS(=O)(=O)CC[C@@H]1P(P)PP. The summed E-state index contributed by atoms with van der Waals surface area (Å²) in [4.78, 5) is 0. The maximum atomic E-state index is 11.3. The molecule has 0 bridgehead atoms. The third-order valence-electron chi connectivity index (χ3n) is 2.40. The lowest BCUT2D eigenvalue weighted by Gasteiger charge is -2.32. The molecule has 1 heterocycles. The smallest absolute Gasteiger partial charge is 0.150 e. The van der Waals surface area contributed by atoms with Gasteiger partial charge in [0.2, 0.25) is 0 Å². The first-order valence-corrected chi connectivity index (χ1v) is 12.7. The van der Waals surface area contributed by atoms with Gasteiger partial charge in [-0.2, -0.15) is 0 Å². The zero-order valence-corrected chi connectivity index (χ0v) is 12.6. The van der Waals surface area contributed by atoms with Gasteiger partial charge in [-0.1, -0.05) is 22.2 Å². The molecule has 13 heavy (non-hydrogen) atoms. The van der Waals surface area contributed by atoms with Gasteiger partial charge in [0.1, 0.15) is 0 Å². The highest BCUT2D eigenvalue weighted by Gasteiger charge is 2.32. The van der Waals surface area contributed by atoms with Gasteiger partial charge in [0.15, 0.2) is 9.84 Å². The quantitative estimate of drug-likeness (QED) is 0.726. The molecule has 0 aromatic carbocycles. The summed E-state index contributed by atoms with van der Waals surface area (Å²) < 4.78 is 22.6. The van der Waals surface area contributed by atoms with Crippen molar-refractivity contribution in [2.75, 3.05) is 11.5 Å². The lowest BCUT2D eigenvalue weighted by Crippen LogP contribution is -2.32. The predicted molar refractivity (Wildman–Crippen MR) is 70.9 cm³/mol. The van der Waals surface area contributed by atoms with Crippen molar-refractivity contribution in [3.8, 4) is 0 Å². The van der Waals surface area contributed by atoms with E-state index in [0.717, 1.165) is 14.4 Å². The van der Waals surface area contributed by atoms with Crippen molar-refractivity contribution in [1.82, 2.24) is 0 Å². The molecule has 6 atom stereocenters. The normalized spacial score (nSPS) is 36.5. The van der Waals surface area contributed by atoms with Crippen molar-refractivity contribution in [2.24, 2.45) is 5.92 Å². The Labute approximate surface area is 87.9 Å². The molecule has 2 nitrogen and oxygen atoms in total. The van der Waals surface area contributed by atoms with Crippen LogP contribution in [0.25, 0.3) is 0 Å². The maximum absolute atomic E-state index is 11.3. The average Bonchev–Trinajstić information content (AvgIpc) is 2.01. The number of sulfone groups is 1. The van der Waals surface area contributed by atoms with Crippen LogP contribution in [-0.2, 0) is 9.84 Å². The van der Waals surface area contributed by atoms with Gasteiger partial charge in [0, 0.05) is 0 Å². The summed E-state index contributed by atoms with van der Waals surface area (Å²) in [6.07, 6.45) is 0.875. The van der Waals surface area contributed by atoms with E-state index in [1.165, 1.54) is 0 Å². The second kappa shape index (κ2) is 5.14. The Bertz CT molecular complexity index is 266. The summed E-state index contributed by atoms with van der Waals surface area (Å²) in [5.74, 6) is 1.17. The Balaban J connectivity index is 2.64. The lowest BCUT2D eigenvalue weighted by molar-refractivity contribution is 0.524. The molecule has 1 aliphatic heterocycles. The molecular formula is C6H16O2P4S. The molecule has 1 fully saturated rings. The molecule has 0 saturated carbocycles. The predicted octanol–water partition coefficient (Wildman–Crippen LogP) is 2.47. The first-order valence-electron chi connectivity index (χ1n) is 4.17. The fourth-order valence-corrected chi connectivity index (χ4v) is 9.85. The van der Waals surface area contributed by atoms with E-state index in [0.29, 0.717) is 23.1 Å². The van der Waals surface area contributed by atoms with Crippen molar-refractivity contribution in [2.45, 2.75) is 19.0 Å². The Morgan fingerprint density at radius 2 is 2.15 bits per heavy atom. The minimum Gasteiger partial charge on any atom is -0.229 e. The molecule has 4 unspecified atom stereocenters. The van der Waals surface area contributed by atoms with Crippen molar-refractivity contribution in [3.63, 3.8) is 0 Å². The van der Waals surface area contributed by atoms with E-state index >= 15 is 0 Å². The van der Waals surface area contributed by atoms with E-state index in [2.05, 4.69) is 24.8 Å². The van der Waals surface area contributed by atoms with Crippen LogP contribution in [0.2, 0.25) is 0 Å². The summed E-state index contributed by atoms with van der Waals surface area (Å²) in [5, 5.41) is 0. The van der Waals surface area contributed by atoms with E-state index in [4.69, 9.17) is 0 Å². The minimum atomic E-state index is -2.71. The zero-order chi connectivity index (χ0) is 10.1. The first kappa shape index (κ1) is 12.7. The standard InChI is InChI=1S/C6H16O2P4S/c1-5-4-13(7,8)3-2-6(5)12(10)11-9/h5-6,11H,2-4,9-10H2,1H3/t5-,6-,12?/m0/s1.